The molecule has 0 saturated heterocycles. The van der Waals surface area contributed by atoms with E-state index in [-0.39, 0.29) is 6.54 Å². The van der Waals surface area contributed by atoms with Crippen LogP contribution < -0.4 is 10.0 Å². The monoisotopic (exact) mass is 284 g/mol. The van der Waals surface area contributed by atoms with Crippen LogP contribution in [-0.2, 0) is 10.0 Å². The Balaban J connectivity index is 1.79. The highest BCUT2D eigenvalue weighted by molar-refractivity contribution is 7.91. The van der Waals surface area contributed by atoms with Gasteiger partial charge >= 0.3 is 0 Å². The van der Waals surface area contributed by atoms with Crippen molar-refractivity contribution in [1.29, 1.82) is 0 Å². The maximum absolute atomic E-state index is 11.7. The summed E-state index contributed by atoms with van der Waals surface area (Å²) in [6.07, 6.45) is 3.23. The summed E-state index contributed by atoms with van der Waals surface area (Å²) in [4.78, 5) is 7.93. The molecule has 0 spiro atoms. The highest BCUT2D eigenvalue weighted by Crippen LogP contribution is 2.14. The molecule has 0 aromatic carbocycles. The van der Waals surface area contributed by atoms with E-state index in [1.807, 2.05) is 0 Å². The van der Waals surface area contributed by atoms with E-state index in [0.29, 0.717) is 16.7 Å². The molecule has 0 radical (unpaired) electrons. The minimum atomic E-state index is -3.38. The second-order valence-corrected chi connectivity index (χ2v) is 6.27. The van der Waals surface area contributed by atoms with E-state index in [2.05, 4.69) is 20.0 Å². The van der Waals surface area contributed by atoms with Crippen molar-refractivity contribution >= 4 is 27.3 Å². The summed E-state index contributed by atoms with van der Waals surface area (Å²) in [5.41, 5.74) is 0. The van der Waals surface area contributed by atoms with Gasteiger partial charge in [-0.3, -0.25) is 0 Å². The molecule has 2 heterocycles. The first kappa shape index (κ1) is 12.9. The average molecular weight is 284 g/mol. The molecule has 2 aromatic rings. The number of rotatable bonds is 6. The Kier molecular flexibility index (Phi) is 4.24. The largest absolute Gasteiger partial charge is 0.353 e. The van der Waals surface area contributed by atoms with E-state index < -0.39 is 10.0 Å². The second kappa shape index (κ2) is 5.89. The van der Waals surface area contributed by atoms with Crippen LogP contribution >= 0.6 is 11.3 Å². The summed E-state index contributed by atoms with van der Waals surface area (Å²) >= 11 is 1.19. The zero-order valence-corrected chi connectivity index (χ0v) is 11.0. The number of nitrogens with one attached hydrogen (secondary N) is 2. The Morgan fingerprint density at radius 2 is 1.94 bits per heavy atom. The van der Waals surface area contributed by atoms with E-state index in [0.717, 1.165) is 0 Å². The first-order valence-electron chi connectivity index (χ1n) is 5.22. The molecular formula is C10H12N4O2S2. The summed E-state index contributed by atoms with van der Waals surface area (Å²) in [5.74, 6) is 0.479. The fourth-order valence-corrected chi connectivity index (χ4v) is 3.31. The summed E-state index contributed by atoms with van der Waals surface area (Å²) < 4.78 is 26.3. The van der Waals surface area contributed by atoms with E-state index in [1.54, 1.807) is 36.0 Å². The third-order valence-electron chi connectivity index (χ3n) is 2.03. The predicted octanol–water partition coefficient (Wildman–Crippen LogP) is 0.928. The normalized spacial score (nSPS) is 11.3. The fourth-order valence-electron chi connectivity index (χ4n) is 1.24. The Bertz CT molecular complexity index is 569. The molecule has 0 saturated carbocycles. The quantitative estimate of drug-likeness (QED) is 0.771. The molecule has 2 rings (SSSR count). The third-order valence-corrected chi connectivity index (χ3v) is 4.88. The zero-order valence-electron chi connectivity index (χ0n) is 9.41. The Hall–Kier alpha value is -1.51. The van der Waals surface area contributed by atoms with Gasteiger partial charge in [0.15, 0.2) is 0 Å². The molecule has 0 bridgehead atoms. The number of thiophene rings is 1. The number of nitrogens with zero attached hydrogens (tertiary/aromatic N) is 2. The molecule has 8 heteroatoms. The molecule has 18 heavy (non-hydrogen) atoms. The zero-order chi connectivity index (χ0) is 12.8. The second-order valence-electron chi connectivity index (χ2n) is 3.33. The summed E-state index contributed by atoms with van der Waals surface area (Å²) in [5, 5.41) is 4.64. The van der Waals surface area contributed by atoms with Gasteiger partial charge in [-0.1, -0.05) is 6.07 Å². The molecule has 0 amide bonds. The van der Waals surface area contributed by atoms with E-state index in [1.165, 1.54) is 11.3 Å². The molecule has 0 aliphatic heterocycles. The van der Waals surface area contributed by atoms with Crippen LogP contribution in [0.4, 0.5) is 5.95 Å². The minimum Gasteiger partial charge on any atom is -0.353 e. The fraction of sp³-hybridized carbons (Fsp3) is 0.200. The molecule has 0 unspecified atom stereocenters. The Labute approximate surface area is 109 Å². The van der Waals surface area contributed by atoms with Crippen molar-refractivity contribution in [3.63, 3.8) is 0 Å². The minimum absolute atomic E-state index is 0.276. The van der Waals surface area contributed by atoms with Crippen molar-refractivity contribution in [3.05, 3.63) is 36.0 Å². The van der Waals surface area contributed by atoms with Crippen LogP contribution in [-0.4, -0.2) is 31.5 Å². The van der Waals surface area contributed by atoms with Gasteiger partial charge in [0.2, 0.25) is 16.0 Å². The van der Waals surface area contributed by atoms with Crippen LogP contribution in [0.25, 0.3) is 0 Å². The maximum Gasteiger partial charge on any atom is 0.250 e. The van der Waals surface area contributed by atoms with Crippen molar-refractivity contribution in [3.8, 4) is 0 Å². The van der Waals surface area contributed by atoms with Gasteiger partial charge in [-0.15, -0.1) is 11.3 Å². The number of aromatic nitrogens is 2. The van der Waals surface area contributed by atoms with Crippen LogP contribution in [0.15, 0.2) is 40.2 Å². The van der Waals surface area contributed by atoms with Crippen molar-refractivity contribution in [2.45, 2.75) is 4.21 Å². The summed E-state index contributed by atoms with van der Waals surface area (Å²) in [7, 11) is -3.38. The van der Waals surface area contributed by atoms with E-state index >= 15 is 0 Å². The Morgan fingerprint density at radius 1 is 1.17 bits per heavy atom. The third kappa shape index (κ3) is 3.49. The van der Waals surface area contributed by atoms with Crippen LogP contribution in [0.2, 0.25) is 0 Å². The van der Waals surface area contributed by atoms with E-state index in [9.17, 15) is 8.42 Å². The Morgan fingerprint density at radius 3 is 2.61 bits per heavy atom. The van der Waals surface area contributed by atoms with Crippen LogP contribution in [0.5, 0.6) is 0 Å². The van der Waals surface area contributed by atoms with E-state index in [4.69, 9.17) is 0 Å². The SMILES string of the molecule is O=S(=O)(NCCNc1ncccn1)c1cccs1. The lowest BCUT2D eigenvalue weighted by molar-refractivity contribution is 0.585. The molecule has 0 aliphatic rings. The van der Waals surface area contributed by atoms with Crippen molar-refractivity contribution < 1.29 is 8.42 Å². The van der Waals surface area contributed by atoms with Crippen molar-refractivity contribution in [2.75, 3.05) is 18.4 Å². The van der Waals surface area contributed by atoms with Gasteiger partial charge in [-0.05, 0) is 17.5 Å². The van der Waals surface area contributed by atoms with Crippen molar-refractivity contribution in [1.82, 2.24) is 14.7 Å². The lowest BCUT2D eigenvalue weighted by Crippen LogP contribution is -2.28. The lowest BCUT2D eigenvalue weighted by Gasteiger charge is -2.05. The van der Waals surface area contributed by atoms with Crippen LogP contribution in [0.1, 0.15) is 0 Å². The molecule has 6 nitrogen and oxygen atoms in total. The summed E-state index contributed by atoms with van der Waals surface area (Å²) in [6, 6.07) is 4.99. The van der Waals surface area contributed by atoms with Gasteiger partial charge in [-0.2, -0.15) is 0 Å². The summed E-state index contributed by atoms with van der Waals surface area (Å²) in [6.45, 7) is 0.701. The average Bonchev–Trinajstić information content (AvgIpc) is 2.91. The molecule has 2 aromatic heterocycles. The topological polar surface area (TPSA) is 84.0 Å². The number of anilines is 1. The lowest BCUT2D eigenvalue weighted by atomic mass is 10.6. The molecule has 96 valence electrons. The van der Waals surface area contributed by atoms with Gasteiger partial charge in [-0.25, -0.2) is 23.1 Å². The standard InChI is InChI=1S/C10H12N4O2S2/c15-18(16,9-3-1-8-17-9)14-7-6-13-10-11-4-2-5-12-10/h1-5,8,14H,6-7H2,(H,11,12,13). The first-order valence-corrected chi connectivity index (χ1v) is 7.59. The highest BCUT2D eigenvalue weighted by atomic mass is 32.2. The van der Waals surface area contributed by atoms with Crippen molar-refractivity contribution in [2.24, 2.45) is 0 Å². The predicted molar refractivity (Wildman–Crippen MR) is 70.0 cm³/mol. The molecule has 0 fully saturated rings. The molecule has 2 N–H and O–H groups in total. The van der Waals surface area contributed by atoms with Gasteiger partial charge in [0, 0.05) is 25.5 Å². The van der Waals surface area contributed by atoms with Crippen LogP contribution in [0.3, 0.4) is 0 Å². The maximum atomic E-state index is 11.7. The smallest absolute Gasteiger partial charge is 0.250 e. The highest BCUT2D eigenvalue weighted by Gasteiger charge is 2.13. The van der Waals surface area contributed by atoms with Gasteiger partial charge < -0.3 is 5.32 Å². The van der Waals surface area contributed by atoms with Gasteiger partial charge in [0.05, 0.1) is 0 Å². The van der Waals surface area contributed by atoms with Gasteiger partial charge in [0.1, 0.15) is 4.21 Å². The molecular weight excluding hydrogens is 272 g/mol. The van der Waals surface area contributed by atoms with Crippen LogP contribution in [0, 0.1) is 0 Å². The first-order chi connectivity index (χ1) is 8.68. The number of hydrogen-bond acceptors (Lipinski definition) is 6. The molecule has 0 atom stereocenters. The molecule has 0 aliphatic carbocycles. The number of hydrogen-bond donors (Lipinski definition) is 2. The number of sulfonamides is 1. The van der Waals surface area contributed by atoms with Gasteiger partial charge in [0.25, 0.3) is 0 Å².